The maximum Gasteiger partial charge on any atom is 0.416 e. The molecule has 4 nitrogen and oxygen atoms in total. The van der Waals surface area contributed by atoms with E-state index >= 15 is 0 Å². The molecular weight excluding hydrogens is 257 g/mol. The summed E-state index contributed by atoms with van der Waals surface area (Å²) in [6, 6.07) is -0.112. The van der Waals surface area contributed by atoms with Crippen LogP contribution in [-0.4, -0.2) is 47.2 Å². The molecule has 8 heteroatoms. The Morgan fingerprint density at radius 1 is 1.53 bits per heavy atom. The van der Waals surface area contributed by atoms with Gasteiger partial charge in [0.15, 0.2) is 11.3 Å². The molecule has 0 aromatic rings. The molecule has 0 saturated carbocycles. The number of aliphatic hydroxyl groups excluding tert-OH is 1. The van der Waals surface area contributed by atoms with E-state index in [0.29, 0.717) is 11.6 Å². The van der Waals surface area contributed by atoms with Gasteiger partial charge in [0.2, 0.25) is 0 Å². The quantitative estimate of drug-likeness (QED) is 0.749. The summed E-state index contributed by atoms with van der Waals surface area (Å²) < 4.78 is 42.3. The maximum absolute atomic E-state index is 12.3. The Morgan fingerprint density at radius 2 is 2.24 bits per heavy atom. The van der Waals surface area contributed by atoms with Crippen molar-refractivity contribution in [3.05, 3.63) is 0 Å². The third-order valence-electron chi connectivity index (χ3n) is 2.78. The number of aliphatic imine (C=N–C) groups is 1. The van der Waals surface area contributed by atoms with Crippen molar-refractivity contribution in [3.63, 3.8) is 0 Å². The second-order valence-corrected chi connectivity index (χ2v) is 5.06. The molecule has 0 radical (unpaired) electrons. The molecule has 98 valence electrons. The molecule has 0 aromatic heterocycles. The number of alkyl halides is 3. The summed E-state index contributed by atoms with van der Waals surface area (Å²) in [7, 11) is 1.70. The summed E-state index contributed by atoms with van der Waals surface area (Å²) in [4.78, 5) is 4.27. The summed E-state index contributed by atoms with van der Waals surface area (Å²) in [5.74, 6) is 0. The van der Waals surface area contributed by atoms with Gasteiger partial charge in [-0.25, -0.2) is 0 Å². The van der Waals surface area contributed by atoms with Gasteiger partial charge in [-0.05, 0) is 12.8 Å². The smallest absolute Gasteiger partial charge is 0.381 e. The van der Waals surface area contributed by atoms with Crippen LogP contribution in [0.1, 0.15) is 12.8 Å². The van der Waals surface area contributed by atoms with Crippen LogP contribution in [0, 0.1) is 0 Å². The van der Waals surface area contributed by atoms with Crippen LogP contribution in [-0.2, 0) is 4.74 Å². The van der Waals surface area contributed by atoms with E-state index in [-0.39, 0.29) is 12.5 Å². The van der Waals surface area contributed by atoms with Crippen LogP contribution in [0.2, 0.25) is 0 Å². The van der Waals surface area contributed by atoms with E-state index in [4.69, 9.17) is 9.84 Å². The molecule has 0 aromatic carbocycles. The summed E-state index contributed by atoms with van der Waals surface area (Å²) in [5.41, 5.74) is -0.423. The third kappa shape index (κ3) is 2.69. The first kappa shape index (κ1) is 13.0. The maximum atomic E-state index is 12.3. The number of nitrogens with zero attached hydrogens (tertiary/aromatic N) is 1. The minimum atomic E-state index is -4.63. The SMILES string of the molecule is CNC1=NC2CCC(C(O)C(F)(F)F)O[C@@H]2S1. The normalized spacial score (nSPS) is 35.1. The lowest BCUT2D eigenvalue weighted by atomic mass is 10.0. The summed E-state index contributed by atoms with van der Waals surface area (Å²) in [5, 5.41) is 12.7. The molecule has 2 N–H and O–H groups in total. The Bertz CT molecular complexity index is 324. The van der Waals surface area contributed by atoms with E-state index in [1.807, 2.05) is 0 Å². The fraction of sp³-hybridized carbons (Fsp3) is 0.889. The second-order valence-electron chi connectivity index (χ2n) is 3.98. The second kappa shape index (κ2) is 4.66. The summed E-state index contributed by atoms with van der Waals surface area (Å²) in [6.07, 6.45) is -7.56. The van der Waals surface area contributed by atoms with E-state index in [0.717, 1.165) is 0 Å². The lowest BCUT2D eigenvalue weighted by Gasteiger charge is -2.33. The van der Waals surface area contributed by atoms with E-state index in [9.17, 15) is 13.2 Å². The van der Waals surface area contributed by atoms with Crippen LogP contribution < -0.4 is 5.32 Å². The highest BCUT2D eigenvalue weighted by Gasteiger charge is 2.48. The van der Waals surface area contributed by atoms with E-state index in [2.05, 4.69) is 10.3 Å². The van der Waals surface area contributed by atoms with Gasteiger partial charge in [-0.2, -0.15) is 13.2 Å². The van der Waals surface area contributed by atoms with Gasteiger partial charge in [0.05, 0.1) is 12.1 Å². The molecule has 4 atom stereocenters. The number of thioether (sulfide) groups is 1. The highest BCUT2D eigenvalue weighted by Crippen LogP contribution is 2.38. The summed E-state index contributed by atoms with van der Waals surface area (Å²) in [6.45, 7) is 0. The van der Waals surface area contributed by atoms with Crippen molar-refractivity contribution in [1.82, 2.24) is 5.32 Å². The van der Waals surface area contributed by atoms with Gasteiger partial charge >= 0.3 is 6.18 Å². The molecule has 0 bridgehead atoms. The monoisotopic (exact) mass is 270 g/mol. The number of aliphatic hydroxyl groups is 1. The average molecular weight is 270 g/mol. The molecule has 2 aliphatic rings. The molecule has 2 heterocycles. The standard InChI is InChI=1S/C9H13F3N2O2S/c1-13-8-14-4-2-3-5(16-7(4)17-8)6(15)9(10,11)12/h4-7,15H,2-3H2,1H3,(H,13,14)/t4?,5?,6?,7-/m1/s1. The van der Waals surface area contributed by atoms with Gasteiger partial charge in [0, 0.05) is 7.05 Å². The van der Waals surface area contributed by atoms with Crippen molar-refractivity contribution in [3.8, 4) is 0 Å². The van der Waals surface area contributed by atoms with Crippen LogP contribution in [0.5, 0.6) is 0 Å². The molecule has 17 heavy (non-hydrogen) atoms. The number of ether oxygens (including phenoxy) is 1. The van der Waals surface area contributed by atoms with Crippen molar-refractivity contribution in [1.29, 1.82) is 0 Å². The zero-order valence-corrected chi connectivity index (χ0v) is 9.88. The lowest BCUT2D eigenvalue weighted by Crippen LogP contribution is -2.46. The zero-order valence-electron chi connectivity index (χ0n) is 9.07. The van der Waals surface area contributed by atoms with Crippen molar-refractivity contribution >= 4 is 16.9 Å². The first-order valence-electron chi connectivity index (χ1n) is 5.24. The Labute approximate surface area is 101 Å². The first-order valence-corrected chi connectivity index (χ1v) is 6.12. The molecule has 0 spiro atoms. The predicted molar refractivity (Wildman–Crippen MR) is 57.8 cm³/mol. The Hall–Kier alpha value is -0.470. The van der Waals surface area contributed by atoms with Crippen molar-refractivity contribution in [2.75, 3.05) is 7.05 Å². The fourth-order valence-electron chi connectivity index (χ4n) is 1.89. The molecule has 3 unspecified atom stereocenters. The number of hydrogen-bond donors (Lipinski definition) is 2. The van der Waals surface area contributed by atoms with Gasteiger partial charge in [-0.1, -0.05) is 11.8 Å². The average Bonchev–Trinajstić information content (AvgIpc) is 2.68. The van der Waals surface area contributed by atoms with Crippen LogP contribution in [0.15, 0.2) is 4.99 Å². The van der Waals surface area contributed by atoms with Crippen LogP contribution >= 0.6 is 11.8 Å². The molecular formula is C9H13F3N2O2S. The minimum absolute atomic E-state index is 0.112. The highest BCUT2D eigenvalue weighted by molar-refractivity contribution is 8.14. The number of fused-ring (bicyclic) bond motifs is 1. The van der Waals surface area contributed by atoms with E-state index in [1.165, 1.54) is 11.8 Å². The summed E-state index contributed by atoms with van der Waals surface area (Å²) >= 11 is 1.26. The Morgan fingerprint density at radius 3 is 2.82 bits per heavy atom. The molecule has 1 fully saturated rings. The molecule has 2 rings (SSSR count). The van der Waals surface area contributed by atoms with Crippen molar-refractivity contribution < 1.29 is 23.0 Å². The van der Waals surface area contributed by atoms with Crippen LogP contribution in [0.4, 0.5) is 13.2 Å². The van der Waals surface area contributed by atoms with Gasteiger partial charge in [-0.15, -0.1) is 0 Å². The molecule has 2 aliphatic heterocycles. The predicted octanol–water partition coefficient (Wildman–Crippen LogP) is 1.11. The number of halogens is 3. The number of amidine groups is 1. The number of nitrogens with one attached hydrogen (secondary N) is 1. The fourth-order valence-corrected chi connectivity index (χ4v) is 2.98. The lowest BCUT2D eigenvalue weighted by molar-refractivity contribution is -0.244. The van der Waals surface area contributed by atoms with Crippen molar-refractivity contribution in [2.24, 2.45) is 4.99 Å². The minimum Gasteiger partial charge on any atom is -0.381 e. The van der Waals surface area contributed by atoms with Gasteiger partial charge in [-0.3, -0.25) is 4.99 Å². The van der Waals surface area contributed by atoms with Crippen molar-refractivity contribution in [2.45, 2.75) is 42.7 Å². The molecule has 1 saturated heterocycles. The first-order chi connectivity index (χ1) is 7.91. The Kier molecular flexibility index (Phi) is 3.55. The van der Waals surface area contributed by atoms with Crippen LogP contribution in [0.3, 0.4) is 0 Å². The Balaban J connectivity index is 1.97. The van der Waals surface area contributed by atoms with Gasteiger partial charge in [0.25, 0.3) is 0 Å². The van der Waals surface area contributed by atoms with E-state index in [1.54, 1.807) is 7.05 Å². The topological polar surface area (TPSA) is 53.9 Å². The zero-order chi connectivity index (χ0) is 12.6. The number of hydrogen-bond acceptors (Lipinski definition) is 5. The van der Waals surface area contributed by atoms with E-state index < -0.39 is 23.8 Å². The van der Waals surface area contributed by atoms with Crippen LogP contribution in [0.25, 0.3) is 0 Å². The third-order valence-corrected chi connectivity index (χ3v) is 3.97. The largest absolute Gasteiger partial charge is 0.416 e. The molecule has 0 aliphatic carbocycles. The molecule has 0 amide bonds. The van der Waals surface area contributed by atoms with Gasteiger partial charge < -0.3 is 15.2 Å². The van der Waals surface area contributed by atoms with Gasteiger partial charge in [0.1, 0.15) is 5.44 Å². The highest BCUT2D eigenvalue weighted by atomic mass is 32.2. The number of rotatable bonds is 1.